The number of benzene rings is 1. The van der Waals surface area contributed by atoms with Crippen molar-refractivity contribution >= 4 is 17.6 Å². The van der Waals surface area contributed by atoms with E-state index in [1.807, 2.05) is 20.8 Å². The number of hydrogen-bond donors (Lipinski definition) is 0. The van der Waals surface area contributed by atoms with Crippen LogP contribution < -0.4 is 14.2 Å². The van der Waals surface area contributed by atoms with Gasteiger partial charge in [-0.1, -0.05) is 13.8 Å². The van der Waals surface area contributed by atoms with Crippen molar-refractivity contribution in [2.75, 3.05) is 41.5 Å². The van der Waals surface area contributed by atoms with E-state index in [0.717, 1.165) is 12.8 Å². The van der Waals surface area contributed by atoms with E-state index in [2.05, 4.69) is 0 Å². The Hall–Kier alpha value is -2.81. The maximum absolute atomic E-state index is 13.3. The van der Waals surface area contributed by atoms with Crippen LogP contribution in [0, 0.1) is 0 Å². The molecule has 9 heteroatoms. The molecule has 0 aromatic heterocycles. The van der Waals surface area contributed by atoms with Gasteiger partial charge >= 0.3 is 0 Å². The number of carbonyl (C=O) groups is 3. The molecule has 1 aromatic carbocycles. The SMILES string of the molecule is CCCOC1CC(C(=O)N(C)C(C)CC)N(C(=O)C(=O)c2cc(OC)c(OC)c(OC)c2)C1. The third-order valence-electron chi connectivity index (χ3n) is 6.09. The highest BCUT2D eigenvalue weighted by atomic mass is 16.5. The lowest BCUT2D eigenvalue weighted by Crippen LogP contribution is -2.50. The summed E-state index contributed by atoms with van der Waals surface area (Å²) in [6, 6.07) is 2.12. The molecule has 0 radical (unpaired) electrons. The van der Waals surface area contributed by atoms with Crippen molar-refractivity contribution in [2.45, 2.75) is 58.2 Å². The molecule has 2 amide bonds. The Morgan fingerprint density at radius 1 is 1.09 bits per heavy atom. The minimum Gasteiger partial charge on any atom is -0.493 e. The van der Waals surface area contributed by atoms with Gasteiger partial charge in [0.2, 0.25) is 11.7 Å². The summed E-state index contributed by atoms with van der Waals surface area (Å²) in [6.45, 7) is 6.64. The molecular weight excluding hydrogens is 428 g/mol. The molecule has 1 fully saturated rings. The molecule has 3 unspecified atom stereocenters. The zero-order valence-corrected chi connectivity index (χ0v) is 20.7. The lowest BCUT2D eigenvalue weighted by atomic mass is 10.1. The van der Waals surface area contributed by atoms with E-state index in [4.69, 9.17) is 18.9 Å². The first-order valence-electron chi connectivity index (χ1n) is 11.3. The van der Waals surface area contributed by atoms with E-state index < -0.39 is 17.7 Å². The molecule has 2 rings (SSSR count). The highest BCUT2D eigenvalue weighted by Crippen LogP contribution is 2.38. The third-order valence-corrected chi connectivity index (χ3v) is 6.09. The Kier molecular flexibility index (Phi) is 9.52. The van der Waals surface area contributed by atoms with Crippen LogP contribution in [-0.2, 0) is 14.3 Å². The second-order valence-electron chi connectivity index (χ2n) is 8.15. The Morgan fingerprint density at radius 2 is 1.70 bits per heavy atom. The Morgan fingerprint density at radius 3 is 2.18 bits per heavy atom. The molecule has 9 nitrogen and oxygen atoms in total. The molecule has 0 N–H and O–H groups in total. The predicted molar refractivity (Wildman–Crippen MR) is 123 cm³/mol. The van der Waals surface area contributed by atoms with Crippen molar-refractivity contribution in [3.8, 4) is 17.2 Å². The highest BCUT2D eigenvalue weighted by molar-refractivity contribution is 6.43. The van der Waals surface area contributed by atoms with Crippen molar-refractivity contribution in [1.29, 1.82) is 0 Å². The van der Waals surface area contributed by atoms with Gasteiger partial charge in [-0.15, -0.1) is 0 Å². The van der Waals surface area contributed by atoms with Gasteiger partial charge in [-0.25, -0.2) is 0 Å². The van der Waals surface area contributed by atoms with E-state index in [9.17, 15) is 14.4 Å². The summed E-state index contributed by atoms with van der Waals surface area (Å²) < 4.78 is 21.7. The fourth-order valence-electron chi connectivity index (χ4n) is 3.85. The van der Waals surface area contributed by atoms with E-state index >= 15 is 0 Å². The van der Waals surface area contributed by atoms with Gasteiger partial charge in [0, 0.05) is 38.2 Å². The molecule has 184 valence electrons. The Balaban J connectivity index is 2.37. The normalized spacial score (nSPS) is 18.6. The van der Waals surface area contributed by atoms with Crippen LogP contribution in [0.15, 0.2) is 12.1 Å². The zero-order chi connectivity index (χ0) is 24.7. The van der Waals surface area contributed by atoms with Gasteiger partial charge in [-0.2, -0.15) is 0 Å². The number of likely N-dealkylation sites (N-methyl/N-ethyl adjacent to an activating group) is 1. The Bertz CT molecular complexity index is 832. The average molecular weight is 465 g/mol. The van der Waals surface area contributed by atoms with E-state index in [-0.39, 0.29) is 41.7 Å². The molecule has 33 heavy (non-hydrogen) atoms. The highest BCUT2D eigenvalue weighted by Gasteiger charge is 2.43. The first-order valence-corrected chi connectivity index (χ1v) is 11.3. The number of carbonyl (C=O) groups excluding carboxylic acids is 3. The third kappa shape index (κ3) is 5.76. The van der Waals surface area contributed by atoms with E-state index in [1.54, 1.807) is 11.9 Å². The first kappa shape index (κ1) is 26.4. The van der Waals surface area contributed by atoms with Gasteiger partial charge in [0.15, 0.2) is 11.5 Å². The summed E-state index contributed by atoms with van der Waals surface area (Å²) in [5.74, 6) is -0.859. The van der Waals surface area contributed by atoms with Crippen molar-refractivity contribution in [3.63, 3.8) is 0 Å². The van der Waals surface area contributed by atoms with Gasteiger partial charge in [0.25, 0.3) is 11.7 Å². The molecule has 0 bridgehead atoms. The molecule has 1 aliphatic heterocycles. The largest absolute Gasteiger partial charge is 0.493 e. The number of Topliss-reactive ketones (excluding diaryl/α,β-unsaturated/α-hetero) is 1. The summed E-state index contributed by atoms with van der Waals surface area (Å²) in [7, 11) is 6.05. The lowest BCUT2D eigenvalue weighted by Gasteiger charge is -2.30. The molecule has 0 aliphatic carbocycles. The lowest BCUT2D eigenvalue weighted by molar-refractivity contribution is -0.142. The summed E-state index contributed by atoms with van der Waals surface area (Å²) in [5, 5.41) is 0. The van der Waals surface area contributed by atoms with Gasteiger partial charge in [-0.3, -0.25) is 14.4 Å². The Labute approximate surface area is 195 Å². The van der Waals surface area contributed by atoms with Crippen molar-refractivity contribution in [1.82, 2.24) is 9.80 Å². The number of likely N-dealkylation sites (tertiary alicyclic amines) is 1. The monoisotopic (exact) mass is 464 g/mol. The number of methoxy groups -OCH3 is 3. The number of nitrogens with zero attached hydrogens (tertiary/aromatic N) is 2. The molecule has 1 saturated heterocycles. The maximum atomic E-state index is 13.3. The molecular formula is C24H36N2O7. The van der Waals surface area contributed by atoms with Crippen LogP contribution in [-0.4, -0.2) is 87.1 Å². The number of amides is 2. The van der Waals surface area contributed by atoms with E-state index in [0.29, 0.717) is 18.8 Å². The second-order valence-corrected chi connectivity index (χ2v) is 8.15. The van der Waals surface area contributed by atoms with Crippen LogP contribution >= 0.6 is 0 Å². The van der Waals surface area contributed by atoms with Crippen LogP contribution in [0.2, 0.25) is 0 Å². The number of rotatable bonds is 11. The van der Waals surface area contributed by atoms with Crippen molar-refractivity contribution < 1.29 is 33.3 Å². The number of ether oxygens (including phenoxy) is 4. The van der Waals surface area contributed by atoms with Gasteiger partial charge in [0.1, 0.15) is 6.04 Å². The summed E-state index contributed by atoms with van der Waals surface area (Å²) in [5.41, 5.74) is 0.0916. The fraction of sp³-hybridized carbons (Fsp3) is 0.625. The second kappa shape index (κ2) is 11.9. The summed E-state index contributed by atoms with van der Waals surface area (Å²) >= 11 is 0. The molecule has 1 heterocycles. The minimum absolute atomic E-state index is 0.0101. The minimum atomic E-state index is -0.761. The van der Waals surface area contributed by atoms with Crippen LogP contribution in [0.25, 0.3) is 0 Å². The van der Waals surface area contributed by atoms with E-state index in [1.165, 1.54) is 38.4 Å². The zero-order valence-electron chi connectivity index (χ0n) is 20.7. The van der Waals surface area contributed by atoms with Gasteiger partial charge < -0.3 is 28.7 Å². The van der Waals surface area contributed by atoms with Gasteiger partial charge in [-0.05, 0) is 31.9 Å². The molecule has 1 aromatic rings. The molecule has 0 spiro atoms. The van der Waals surface area contributed by atoms with Gasteiger partial charge in [0.05, 0.1) is 27.4 Å². The van der Waals surface area contributed by atoms with Crippen molar-refractivity contribution in [2.24, 2.45) is 0 Å². The summed E-state index contributed by atoms with van der Waals surface area (Å²) in [4.78, 5) is 42.7. The van der Waals surface area contributed by atoms with Crippen LogP contribution in [0.4, 0.5) is 0 Å². The van der Waals surface area contributed by atoms with Crippen molar-refractivity contribution in [3.05, 3.63) is 17.7 Å². The molecule has 1 aliphatic rings. The predicted octanol–water partition coefficient (Wildman–Crippen LogP) is 2.55. The smallest absolute Gasteiger partial charge is 0.295 e. The number of hydrogen-bond acceptors (Lipinski definition) is 7. The topological polar surface area (TPSA) is 94.6 Å². The van der Waals surface area contributed by atoms with Crippen LogP contribution in [0.1, 0.15) is 50.4 Å². The standard InChI is InChI=1S/C24H36N2O7/c1-8-10-33-17-13-18(23(28)25(4)15(3)9-2)26(14-17)24(29)21(27)16-11-19(30-5)22(32-7)20(12-16)31-6/h11-12,15,17-18H,8-10,13-14H2,1-7H3. The molecule has 0 saturated carbocycles. The summed E-state index contributed by atoms with van der Waals surface area (Å²) in [6.07, 6.45) is 1.65. The average Bonchev–Trinajstić information content (AvgIpc) is 3.27. The quantitative estimate of drug-likeness (QED) is 0.367. The molecule has 3 atom stereocenters. The van der Waals surface area contributed by atoms with Crippen LogP contribution in [0.3, 0.4) is 0 Å². The van der Waals surface area contributed by atoms with Crippen LogP contribution in [0.5, 0.6) is 17.2 Å². The number of ketones is 1. The first-order chi connectivity index (χ1) is 15.7. The fourth-order valence-corrected chi connectivity index (χ4v) is 3.85. The maximum Gasteiger partial charge on any atom is 0.295 e.